The van der Waals surface area contributed by atoms with Crippen LogP contribution in [0.25, 0.3) is 10.2 Å². The predicted octanol–water partition coefficient (Wildman–Crippen LogP) is 4.71. The van der Waals surface area contributed by atoms with E-state index in [1.54, 1.807) is 16.2 Å². The monoisotopic (exact) mass is 435 g/mol. The number of amides is 1. The maximum absolute atomic E-state index is 13.4. The van der Waals surface area contributed by atoms with Gasteiger partial charge in [-0.15, -0.1) is 12.4 Å². The van der Waals surface area contributed by atoms with E-state index in [-0.39, 0.29) is 24.4 Å². The van der Waals surface area contributed by atoms with Crippen LogP contribution in [0.15, 0.2) is 24.3 Å². The smallest absolute Gasteiger partial charge is 0.280 e. The third-order valence-corrected chi connectivity index (χ3v) is 5.75. The number of aromatic nitrogens is 3. The number of anilines is 1. The van der Waals surface area contributed by atoms with E-state index in [4.69, 9.17) is 4.98 Å². The molecule has 3 aromatic rings. The zero-order chi connectivity index (χ0) is 20.4. The molecule has 0 saturated heterocycles. The van der Waals surface area contributed by atoms with E-state index in [9.17, 15) is 4.79 Å². The highest BCUT2D eigenvalue weighted by atomic mass is 35.5. The van der Waals surface area contributed by atoms with Gasteiger partial charge in [-0.3, -0.25) is 14.4 Å². The van der Waals surface area contributed by atoms with Crippen LogP contribution in [-0.4, -0.2) is 52.8 Å². The van der Waals surface area contributed by atoms with Crippen molar-refractivity contribution in [1.29, 1.82) is 0 Å². The Bertz CT molecular complexity index is 979. The van der Waals surface area contributed by atoms with E-state index in [0.29, 0.717) is 12.2 Å². The van der Waals surface area contributed by atoms with Gasteiger partial charge in [-0.05, 0) is 72.5 Å². The summed E-state index contributed by atoms with van der Waals surface area (Å²) in [6.45, 7) is 9.70. The lowest BCUT2D eigenvalue weighted by Gasteiger charge is -2.20. The lowest BCUT2D eigenvalue weighted by Crippen LogP contribution is -2.33. The van der Waals surface area contributed by atoms with Gasteiger partial charge in [0.25, 0.3) is 5.91 Å². The van der Waals surface area contributed by atoms with E-state index in [1.165, 1.54) is 0 Å². The number of benzene rings is 1. The van der Waals surface area contributed by atoms with Crippen molar-refractivity contribution in [3.63, 3.8) is 0 Å². The molecule has 0 fully saturated rings. The molecule has 2 aromatic heterocycles. The molecule has 0 spiro atoms. The Morgan fingerprint density at radius 2 is 1.93 bits per heavy atom. The molecule has 0 N–H and O–H groups in total. The van der Waals surface area contributed by atoms with Crippen molar-refractivity contribution < 1.29 is 4.79 Å². The summed E-state index contributed by atoms with van der Waals surface area (Å²) < 4.78 is 3.00. The van der Waals surface area contributed by atoms with Crippen molar-refractivity contribution in [2.45, 2.75) is 40.2 Å². The highest BCUT2D eigenvalue weighted by Gasteiger charge is 2.24. The molecular weight excluding hydrogens is 406 g/mol. The van der Waals surface area contributed by atoms with Gasteiger partial charge in [-0.2, -0.15) is 5.10 Å². The summed E-state index contributed by atoms with van der Waals surface area (Å²) >= 11 is 1.56. The van der Waals surface area contributed by atoms with E-state index < -0.39 is 0 Å². The Kier molecular flexibility index (Phi) is 7.80. The zero-order valence-corrected chi connectivity index (χ0v) is 19.6. The Morgan fingerprint density at radius 1 is 1.21 bits per heavy atom. The predicted molar refractivity (Wildman–Crippen MR) is 124 cm³/mol. The summed E-state index contributed by atoms with van der Waals surface area (Å²) in [7, 11) is 4.09. The number of carbonyl (C=O) groups excluding carboxylic acids is 1. The largest absolute Gasteiger partial charge is 0.309 e. The molecule has 29 heavy (non-hydrogen) atoms. The fraction of sp³-hybridized carbons (Fsp3) is 0.476. The molecule has 0 bridgehead atoms. The van der Waals surface area contributed by atoms with E-state index in [2.05, 4.69) is 42.9 Å². The van der Waals surface area contributed by atoms with Crippen molar-refractivity contribution in [1.82, 2.24) is 19.7 Å². The summed E-state index contributed by atoms with van der Waals surface area (Å²) in [5.74, 6) is -0.0852. The summed E-state index contributed by atoms with van der Waals surface area (Å²) in [4.78, 5) is 22.1. The van der Waals surface area contributed by atoms with Crippen LogP contribution in [0, 0.1) is 13.8 Å². The van der Waals surface area contributed by atoms with E-state index in [0.717, 1.165) is 39.6 Å². The first-order chi connectivity index (χ1) is 13.3. The average Bonchev–Trinajstić information content (AvgIpc) is 3.22. The molecule has 158 valence electrons. The number of rotatable bonds is 7. The minimum Gasteiger partial charge on any atom is -0.309 e. The fourth-order valence-corrected chi connectivity index (χ4v) is 4.34. The topological polar surface area (TPSA) is 54.3 Å². The highest BCUT2D eigenvalue weighted by molar-refractivity contribution is 7.22. The SMILES string of the molecule is Cc1cccc2sc(N(CCCN(C)C)C(=O)c3cc(C)n(C(C)C)n3)nc12.Cl. The first-order valence-corrected chi connectivity index (χ1v) is 10.5. The van der Waals surface area contributed by atoms with Gasteiger partial charge >= 0.3 is 0 Å². The summed E-state index contributed by atoms with van der Waals surface area (Å²) in [6.07, 6.45) is 0.873. The van der Waals surface area contributed by atoms with Gasteiger partial charge in [0.1, 0.15) is 0 Å². The lowest BCUT2D eigenvalue weighted by atomic mass is 10.2. The maximum atomic E-state index is 13.4. The summed E-state index contributed by atoms with van der Waals surface area (Å²) in [5.41, 5.74) is 3.57. The third kappa shape index (κ3) is 5.15. The molecule has 0 aliphatic carbocycles. The molecule has 2 heterocycles. The lowest BCUT2D eigenvalue weighted by molar-refractivity contribution is 0.0980. The van der Waals surface area contributed by atoms with Gasteiger partial charge in [0.05, 0.1) is 10.2 Å². The molecule has 1 aromatic carbocycles. The van der Waals surface area contributed by atoms with Gasteiger partial charge in [0.2, 0.25) is 0 Å². The van der Waals surface area contributed by atoms with Crippen LogP contribution in [0.1, 0.15) is 48.1 Å². The number of hydrogen-bond acceptors (Lipinski definition) is 5. The van der Waals surface area contributed by atoms with Crippen LogP contribution in [0.2, 0.25) is 0 Å². The molecule has 0 saturated carbocycles. The van der Waals surface area contributed by atoms with Gasteiger partial charge < -0.3 is 4.90 Å². The molecule has 0 aliphatic heterocycles. The Morgan fingerprint density at radius 3 is 2.52 bits per heavy atom. The van der Waals surface area contributed by atoms with Crippen LogP contribution in [0.4, 0.5) is 5.13 Å². The number of hydrogen-bond donors (Lipinski definition) is 0. The zero-order valence-electron chi connectivity index (χ0n) is 18.0. The van der Waals surface area contributed by atoms with Gasteiger partial charge in [-0.25, -0.2) is 4.98 Å². The van der Waals surface area contributed by atoms with Crippen LogP contribution in [-0.2, 0) is 0 Å². The van der Waals surface area contributed by atoms with Gasteiger partial charge in [0, 0.05) is 18.3 Å². The molecule has 0 radical (unpaired) electrons. The molecule has 1 amide bonds. The first-order valence-electron chi connectivity index (χ1n) is 9.67. The minimum atomic E-state index is -0.0852. The Hall–Kier alpha value is -1.96. The third-order valence-electron chi connectivity index (χ3n) is 4.70. The van der Waals surface area contributed by atoms with Crippen molar-refractivity contribution in [2.24, 2.45) is 0 Å². The number of carbonyl (C=O) groups is 1. The second kappa shape index (κ2) is 9.69. The van der Waals surface area contributed by atoms with Gasteiger partial charge in [0.15, 0.2) is 10.8 Å². The Labute approximate surface area is 182 Å². The van der Waals surface area contributed by atoms with Gasteiger partial charge in [-0.1, -0.05) is 23.5 Å². The van der Waals surface area contributed by atoms with Crippen molar-refractivity contribution in [3.05, 3.63) is 41.2 Å². The van der Waals surface area contributed by atoms with Crippen molar-refractivity contribution >= 4 is 45.0 Å². The minimum absolute atomic E-state index is 0. The quantitative estimate of drug-likeness (QED) is 0.539. The molecule has 0 atom stereocenters. The standard InChI is InChI=1S/C21H29N5OS.ClH/c1-14(2)26-16(4)13-17(23-26)20(27)25(12-8-11-24(5)6)21-22-19-15(3)9-7-10-18(19)28-21;/h7,9-10,13-14H,8,11-12H2,1-6H3;1H. The van der Waals surface area contributed by atoms with Crippen molar-refractivity contribution in [3.8, 4) is 0 Å². The number of thiazole rings is 1. The Balaban J connectivity index is 0.00000300. The number of aryl methyl sites for hydroxylation is 2. The normalized spacial score (nSPS) is 11.3. The molecular formula is C21H30ClN5OS. The second-order valence-electron chi connectivity index (χ2n) is 7.74. The van der Waals surface area contributed by atoms with E-state index >= 15 is 0 Å². The van der Waals surface area contributed by atoms with E-state index in [1.807, 2.05) is 37.8 Å². The molecule has 0 unspecified atom stereocenters. The van der Waals surface area contributed by atoms with Crippen LogP contribution < -0.4 is 4.90 Å². The summed E-state index contributed by atoms with van der Waals surface area (Å²) in [6, 6.07) is 8.24. The second-order valence-corrected chi connectivity index (χ2v) is 8.75. The maximum Gasteiger partial charge on any atom is 0.280 e. The number of nitrogens with zero attached hydrogens (tertiary/aromatic N) is 5. The van der Waals surface area contributed by atoms with Crippen LogP contribution in [0.5, 0.6) is 0 Å². The first kappa shape index (κ1) is 23.3. The average molecular weight is 436 g/mol. The molecule has 8 heteroatoms. The summed E-state index contributed by atoms with van der Waals surface area (Å²) in [5, 5.41) is 5.30. The molecule has 3 rings (SSSR count). The van der Waals surface area contributed by atoms with Crippen LogP contribution >= 0.6 is 23.7 Å². The van der Waals surface area contributed by atoms with Crippen molar-refractivity contribution in [2.75, 3.05) is 32.1 Å². The molecule has 0 aliphatic rings. The molecule has 6 nitrogen and oxygen atoms in total. The number of halogens is 1. The highest BCUT2D eigenvalue weighted by Crippen LogP contribution is 2.31. The number of para-hydroxylation sites is 1. The van der Waals surface area contributed by atoms with Crippen LogP contribution in [0.3, 0.4) is 0 Å². The fourth-order valence-electron chi connectivity index (χ4n) is 3.27. The number of fused-ring (bicyclic) bond motifs is 1.